The van der Waals surface area contributed by atoms with Crippen LogP contribution in [-0.4, -0.2) is 0 Å². The van der Waals surface area contributed by atoms with Crippen LogP contribution in [0.15, 0.2) is 121 Å². The summed E-state index contributed by atoms with van der Waals surface area (Å²) in [5, 5.41) is 0. The number of hydrogen-bond acceptors (Lipinski definition) is 0. The fraction of sp³-hybridized carbons (Fsp3) is 0.234. The Balaban J connectivity index is 0.000000198. The van der Waals surface area contributed by atoms with Crippen LogP contribution in [0.25, 0.3) is 44.5 Å². The van der Waals surface area contributed by atoms with E-state index < -0.39 is 23.3 Å². The van der Waals surface area contributed by atoms with E-state index in [1.165, 1.54) is 11.1 Å². The van der Waals surface area contributed by atoms with E-state index >= 15 is 0 Å². The van der Waals surface area contributed by atoms with Gasteiger partial charge in [0.05, 0.1) is 0 Å². The standard InChI is InChI=1S/C24H24F2.C23H22F2/c1-3-5-17-7-9-18(10-8-17)19-11-13-20(14-12-19)22-16-15-21(6-4-2)23(25)24(22)26;1-3-5-20-14-15-21(23(25)22(20)24)19-12-10-18(11-13-19)17-8-6-16(4-2)7-9-17/h7-16H,3-6H2,1-2H3;6-15H,3-5H2,1-2H3. The first-order chi connectivity index (χ1) is 24.8. The summed E-state index contributed by atoms with van der Waals surface area (Å²) in [6.07, 6.45) is 5.91. The van der Waals surface area contributed by atoms with Gasteiger partial charge in [0.2, 0.25) is 0 Å². The molecule has 6 aromatic rings. The molecule has 0 spiro atoms. The molecule has 0 atom stereocenters. The molecule has 0 fully saturated rings. The van der Waals surface area contributed by atoms with Crippen molar-refractivity contribution < 1.29 is 17.6 Å². The van der Waals surface area contributed by atoms with E-state index in [0.29, 0.717) is 46.2 Å². The summed E-state index contributed by atoms with van der Waals surface area (Å²) in [5.74, 6) is -2.96. The van der Waals surface area contributed by atoms with E-state index in [0.717, 1.165) is 54.4 Å². The molecule has 0 saturated heterocycles. The van der Waals surface area contributed by atoms with Crippen molar-refractivity contribution in [3.05, 3.63) is 167 Å². The number of aryl methyl sites for hydroxylation is 4. The van der Waals surface area contributed by atoms with Crippen LogP contribution in [0.1, 0.15) is 69.2 Å². The maximum atomic E-state index is 14.4. The highest BCUT2D eigenvalue weighted by atomic mass is 19.2. The molecule has 0 bridgehead atoms. The van der Waals surface area contributed by atoms with Crippen LogP contribution < -0.4 is 0 Å². The molecule has 0 amide bonds. The average Bonchev–Trinajstić information content (AvgIpc) is 3.17. The third-order valence-electron chi connectivity index (χ3n) is 9.28. The summed E-state index contributed by atoms with van der Waals surface area (Å²) in [5.41, 5.74) is 9.89. The molecule has 4 heteroatoms. The summed E-state index contributed by atoms with van der Waals surface area (Å²) in [6.45, 7) is 8.21. The second-order valence-electron chi connectivity index (χ2n) is 13.0. The first-order valence-electron chi connectivity index (χ1n) is 18.1. The quantitative estimate of drug-likeness (QED) is 0.119. The zero-order chi connectivity index (χ0) is 36.3. The molecular formula is C47H46F4. The van der Waals surface area contributed by atoms with Crippen LogP contribution in [0, 0.1) is 23.3 Å². The van der Waals surface area contributed by atoms with Gasteiger partial charge in [0.1, 0.15) is 0 Å². The maximum Gasteiger partial charge on any atom is 0.166 e. The van der Waals surface area contributed by atoms with Crippen molar-refractivity contribution in [1.29, 1.82) is 0 Å². The maximum absolute atomic E-state index is 14.4. The van der Waals surface area contributed by atoms with Gasteiger partial charge in [0.25, 0.3) is 0 Å². The lowest BCUT2D eigenvalue weighted by Gasteiger charge is -2.09. The van der Waals surface area contributed by atoms with Gasteiger partial charge in [-0.2, -0.15) is 0 Å². The first kappa shape index (κ1) is 37.3. The summed E-state index contributed by atoms with van der Waals surface area (Å²) < 4.78 is 57.2. The van der Waals surface area contributed by atoms with Crippen LogP contribution in [0.3, 0.4) is 0 Å². The third kappa shape index (κ3) is 9.05. The molecule has 0 aliphatic rings. The van der Waals surface area contributed by atoms with Crippen molar-refractivity contribution in [2.24, 2.45) is 0 Å². The highest BCUT2D eigenvalue weighted by Crippen LogP contribution is 2.31. The van der Waals surface area contributed by atoms with Crippen LogP contribution in [0.2, 0.25) is 0 Å². The molecule has 0 aliphatic carbocycles. The van der Waals surface area contributed by atoms with Crippen LogP contribution in [0.4, 0.5) is 17.6 Å². The van der Waals surface area contributed by atoms with E-state index in [9.17, 15) is 17.6 Å². The van der Waals surface area contributed by atoms with Gasteiger partial charge in [-0.3, -0.25) is 0 Å². The number of rotatable bonds is 11. The van der Waals surface area contributed by atoms with Crippen LogP contribution in [-0.2, 0) is 25.7 Å². The molecule has 51 heavy (non-hydrogen) atoms. The second-order valence-corrected chi connectivity index (χ2v) is 13.0. The van der Waals surface area contributed by atoms with E-state index in [1.807, 2.05) is 62.4 Å². The smallest absolute Gasteiger partial charge is 0.166 e. The van der Waals surface area contributed by atoms with Gasteiger partial charge in [0, 0.05) is 11.1 Å². The van der Waals surface area contributed by atoms with Gasteiger partial charge in [-0.1, -0.05) is 168 Å². The molecular weight excluding hydrogens is 641 g/mol. The third-order valence-corrected chi connectivity index (χ3v) is 9.28. The Labute approximate surface area is 300 Å². The molecule has 0 N–H and O–H groups in total. The SMILES string of the molecule is CCCc1ccc(-c2ccc(-c3ccc(CC)cc3)cc2)c(F)c1F.CCCc1ccc(-c2ccc(-c3ccc(CCC)c(F)c3F)cc2)cc1. The van der Waals surface area contributed by atoms with Gasteiger partial charge in [-0.15, -0.1) is 0 Å². The van der Waals surface area contributed by atoms with Crippen molar-refractivity contribution in [2.75, 3.05) is 0 Å². The monoisotopic (exact) mass is 686 g/mol. The highest BCUT2D eigenvalue weighted by Gasteiger charge is 2.16. The zero-order valence-electron chi connectivity index (χ0n) is 30.0. The van der Waals surface area contributed by atoms with Crippen molar-refractivity contribution in [3.63, 3.8) is 0 Å². The van der Waals surface area contributed by atoms with E-state index in [4.69, 9.17) is 0 Å². The Bertz CT molecular complexity index is 2010. The number of benzene rings is 6. The Morgan fingerprint density at radius 2 is 0.627 bits per heavy atom. The van der Waals surface area contributed by atoms with Crippen LogP contribution in [0.5, 0.6) is 0 Å². The van der Waals surface area contributed by atoms with E-state index in [2.05, 4.69) is 62.4 Å². The minimum absolute atomic E-state index is 0.310. The highest BCUT2D eigenvalue weighted by molar-refractivity contribution is 5.72. The normalized spacial score (nSPS) is 10.9. The summed E-state index contributed by atoms with van der Waals surface area (Å²) in [7, 11) is 0. The predicted octanol–water partition coefficient (Wildman–Crippen LogP) is 14.0. The lowest BCUT2D eigenvalue weighted by Crippen LogP contribution is -1.97. The van der Waals surface area contributed by atoms with Gasteiger partial charge in [-0.05, 0) is 81.3 Å². The van der Waals surface area contributed by atoms with Crippen molar-refractivity contribution in [2.45, 2.75) is 72.6 Å². The van der Waals surface area contributed by atoms with Gasteiger partial charge >= 0.3 is 0 Å². The minimum atomic E-state index is -0.758. The zero-order valence-corrected chi connectivity index (χ0v) is 30.0. The van der Waals surface area contributed by atoms with Crippen molar-refractivity contribution in [3.8, 4) is 44.5 Å². The molecule has 0 saturated carbocycles. The van der Waals surface area contributed by atoms with Crippen LogP contribution >= 0.6 is 0 Å². The minimum Gasteiger partial charge on any atom is -0.203 e. The average molecular weight is 687 g/mol. The molecule has 0 unspecified atom stereocenters. The Morgan fingerprint density at radius 3 is 0.961 bits per heavy atom. The largest absolute Gasteiger partial charge is 0.203 e. The van der Waals surface area contributed by atoms with Gasteiger partial charge < -0.3 is 0 Å². The predicted molar refractivity (Wildman–Crippen MR) is 206 cm³/mol. The Morgan fingerprint density at radius 1 is 0.314 bits per heavy atom. The molecule has 6 rings (SSSR count). The molecule has 0 aromatic heterocycles. The Hall–Kier alpha value is -4.96. The lowest BCUT2D eigenvalue weighted by atomic mass is 9.97. The molecule has 262 valence electrons. The van der Waals surface area contributed by atoms with Crippen molar-refractivity contribution in [1.82, 2.24) is 0 Å². The topological polar surface area (TPSA) is 0 Å². The van der Waals surface area contributed by atoms with Gasteiger partial charge in [-0.25, -0.2) is 17.6 Å². The van der Waals surface area contributed by atoms with Crippen molar-refractivity contribution >= 4 is 0 Å². The number of hydrogen-bond donors (Lipinski definition) is 0. The Kier molecular flexibility index (Phi) is 13.0. The molecule has 0 radical (unpaired) electrons. The first-order valence-corrected chi connectivity index (χ1v) is 18.1. The molecule has 0 nitrogen and oxygen atoms in total. The van der Waals surface area contributed by atoms with Gasteiger partial charge in [0.15, 0.2) is 23.3 Å². The summed E-state index contributed by atoms with van der Waals surface area (Å²) in [6, 6.07) is 38.9. The summed E-state index contributed by atoms with van der Waals surface area (Å²) >= 11 is 0. The van der Waals surface area contributed by atoms with E-state index in [-0.39, 0.29) is 0 Å². The molecule has 6 aromatic carbocycles. The fourth-order valence-electron chi connectivity index (χ4n) is 6.32. The molecule has 0 aliphatic heterocycles. The molecule has 0 heterocycles. The lowest BCUT2D eigenvalue weighted by molar-refractivity contribution is 0.500. The number of halogens is 4. The fourth-order valence-corrected chi connectivity index (χ4v) is 6.32. The summed E-state index contributed by atoms with van der Waals surface area (Å²) in [4.78, 5) is 0. The van der Waals surface area contributed by atoms with E-state index in [1.54, 1.807) is 24.3 Å². The second kappa shape index (κ2) is 17.8.